The molecule has 2 bridgehead atoms. The third-order valence-corrected chi connectivity index (χ3v) is 8.20. The Morgan fingerprint density at radius 1 is 1.14 bits per heavy atom. The van der Waals surface area contributed by atoms with Gasteiger partial charge in [0.05, 0.1) is 23.2 Å². The summed E-state index contributed by atoms with van der Waals surface area (Å²) in [6.45, 7) is 0.483. The molecule has 5 atom stereocenters. The Kier molecular flexibility index (Phi) is 4.01. The van der Waals surface area contributed by atoms with Gasteiger partial charge < -0.3 is 10.4 Å². The van der Waals surface area contributed by atoms with Crippen molar-refractivity contribution in [1.29, 1.82) is 0 Å². The average molecular weight is 400 g/mol. The zero-order chi connectivity index (χ0) is 19.5. The first-order valence-corrected chi connectivity index (χ1v) is 10.8. The minimum Gasteiger partial charge on any atom is -0.391 e. The van der Waals surface area contributed by atoms with Crippen LogP contribution in [-0.4, -0.2) is 52.4 Å². The van der Waals surface area contributed by atoms with E-state index in [1.54, 1.807) is 12.1 Å². The molecule has 2 heterocycles. The minimum atomic E-state index is -3.69. The van der Waals surface area contributed by atoms with E-state index in [1.807, 2.05) is 0 Å². The number of benzene rings is 1. The van der Waals surface area contributed by atoms with Gasteiger partial charge in [0.2, 0.25) is 10.0 Å². The summed E-state index contributed by atoms with van der Waals surface area (Å²) in [5.41, 5.74) is 0.647. The summed E-state index contributed by atoms with van der Waals surface area (Å²) >= 11 is 0. The zero-order valence-corrected chi connectivity index (χ0v) is 15.8. The molecule has 3 aliphatic rings. The second-order valence-electron chi connectivity index (χ2n) is 7.78. The molecular formula is C19H20N4O4S. The van der Waals surface area contributed by atoms with Gasteiger partial charge in [-0.2, -0.15) is 4.31 Å². The van der Waals surface area contributed by atoms with Crippen LogP contribution < -0.4 is 5.32 Å². The normalized spacial score (nSPS) is 31.2. The van der Waals surface area contributed by atoms with Crippen molar-refractivity contribution in [2.75, 3.05) is 11.9 Å². The highest BCUT2D eigenvalue weighted by Gasteiger charge is 2.61. The molecule has 2 N–H and O–H groups in total. The number of rotatable bonds is 4. The number of carbonyl (C=O) groups excluding carboxylic acids is 1. The van der Waals surface area contributed by atoms with E-state index in [0.717, 1.165) is 12.8 Å². The van der Waals surface area contributed by atoms with Crippen LogP contribution in [0, 0.1) is 17.8 Å². The Bertz CT molecular complexity index is 1010. The summed E-state index contributed by atoms with van der Waals surface area (Å²) < 4.78 is 27.8. The van der Waals surface area contributed by atoms with Crippen molar-refractivity contribution < 1.29 is 18.3 Å². The van der Waals surface area contributed by atoms with Crippen molar-refractivity contribution in [3.63, 3.8) is 0 Å². The summed E-state index contributed by atoms with van der Waals surface area (Å²) in [7, 11) is -3.69. The number of amides is 1. The number of sulfonamides is 1. The molecule has 9 heteroatoms. The van der Waals surface area contributed by atoms with Gasteiger partial charge in [-0.3, -0.25) is 9.78 Å². The minimum absolute atomic E-state index is 0.168. The molecule has 2 aromatic rings. The molecule has 3 fully saturated rings. The Labute approximate surface area is 162 Å². The fraction of sp³-hybridized carbons (Fsp3) is 0.421. The van der Waals surface area contributed by atoms with Crippen molar-refractivity contribution in [1.82, 2.24) is 14.3 Å². The van der Waals surface area contributed by atoms with Crippen molar-refractivity contribution >= 4 is 21.6 Å². The number of fused-ring (bicyclic) bond motifs is 1. The predicted octanol–water partition coefficient (Wildman–Crippen LogP) is 1.12. The molecule has 0 unspecified atom stereocenters. The van der Waals surface area contributed by atoms with Crippen LogP contribution in [0.25, 0.3) is 0 Å². The molecule has 1 aromatic carbocycles. The first-order valence-electron chi connectivity index (χ1n) is 9.32. The number of carbonyl (C=O) groups is 1. The molecule has 1 aromatic heterocycles. The molecule has 0 radical (unpaired) electrons. The number of hydrogen-bond acceptors (Lipinski definition) is 6. The summed E-state index contributed by atoms with van der Waals surface area (Å²) in [4.78, 5) is 20.1. The fourth-order valence-electron chi connectivity index (χ4n) is 5.09. The van der Waals surface area contributed by atoms with E-state index in [-0.39, 0.29) is 28.5 Å². The number of nitrogens with zero attached hydrogens (tertiary/aromatic N) is 3. The number of aliphatic hydroxyl groups excluding tert-OH is 1. The van der Waals surface area contributed by atoms with Crippen LogP contribution in [0.5, 0.6) is 0 Å². The second-order valence-corrected chi connectivity index (χ2v) is 9.67. The van der Waals surface area contributed by atoms with E-state index in [4.69, 9.17) is 0 Å². The standard InChI is InChI=1S/C19H20N4O4S/c24-18-11-7-12-10-23(17(18)15(12)8-11)28(26,27)14-3-1-13(2-4-14)22-19(25)16-9-20-5-6-21-16/h1-6,9,11-12,15,17-18,24H,7-8,10H2,(H,22,25)/t11-,12-,15+,17+,18+/m0/s1. The molecule has 8 nitrogen and oxygen atoms in total. The molecule has 1 aliphatic heterocycles. The van der Waals surface area contributed by atoms with Gasteiger partial charge in [0.15, 0.2) is 0 Å². The topological polar surface area (TPSA) is 112 Å². The van der Waals surface area contributed by atoms with Gasteiger partial charge in [-0.1, -0.05) is 0 Å². The van der Waals surface area contributed by atoms with Crippen LogP contribution in [0.2, 0.25) is 0 Å². The summed E-state index contributed by atoms with van der Waals surface area (Å²) in [6.07, 6.45) is 5.54. The quantitative estimate of drug-likeness (QED) is 0.795. The molecule has 0 spiro atoms. The van der Waals surface area contributed by atoms with E-state index in [0.29, 0.717) is 18.2 Å². The summed E-state index contributed by atoms with van der Waals surface area (Å²) in [5.74, 6) is 0.456. The lowest BCUT2D eigenvalue weighted by atomic mass is 9.88. The van der Waals surface area contributed by atoms with Crippen LogP contribution in [0.1, 0.15) is 23.3 Å². The Morgan fingerprint density at radius 2 is 1.93 bits per heavy atom. The maximum atomic E-state index is 13.2. The highest BCUT2D eigenvalue weighted by molar-refractivity contribution is 7.89. The van der Waals surface area contributed by atoms with E-state index < -0.39 is 22.0 Å². The molecule has 2 aliphatic carbocycles. The van der Waals surface area contributed by atoms with Crippen molar-refractivity contribution in [3.05, 3.63) is 48.5 Å². The Hall–Kier alpha value is -2.36. The Morgan fingerprint density at radius 3 is 2.61 bits per heavy atom. The lowest BCUT2D eigenvalue weighted by Gasteiger charge is -2.28. The maximum absolute atomic E-state index is 13.2. The van der Waals surface area contributed by atoms with E-state index >= 15 is 0 Å². The van der Waals surface area contributed by atoms with Crippen LogP contribution in [0.3, 0.4) is 0 Å². The molecular weight excluding hydrogens is 380 g/mol. The third kappa shape index (κ3) is 2.65. The highest BCUT2D eigenvalue weighted by atomic mass is 32.2. The van der Waals surface area contributed by atoms with Crippen molar-refractivity contribution in [2.24, 2.45) is 17.8 Å². The van der Waals surface area contributed by atoms with Gasteiger partial charge >= 0.3 is 0 Å². The summed E-state index contributed by atoms with van der Waals surface area (Å²) in [5, 5.41) is 13.1. The second kappa shape index (κ2) is 6.33. The average Bonchev–Trinajstić information content (AvgIpc) is 3.32. The fourth-order valence-corrected chi connectivity index (χ4v) is 6.83. The largest absolute Gasteiger partial charge is 0.391 e. The molecule has 1 amide bonds. The van der Waals surface area contributed by atoms with Crippen molar-refractivity contribution in [2.45, 2.75) is 29.9 Å². The van der Waals surface area contributed by atoms with Crippen LogP contribution >= 0.6 is 0 Å². The number of aliphatic hydroxyl groups is 1. The van der Waals surface area contributed by atoms with Gasteiger partial charge in [0, 0.05) is 24.6 Å². The van der Waals surface area contributed by atoms with Crippen LogP contribution in [-0.2, 0) is 10.0 Å². The smallest absolute Gasteiger partial charge is 0.275 e. The van der Waals surface area contributed by atoms with Crippen molar-refractivity contribution in [3.8, 4) is 0 Å². The number of nitrogens with one attached hydrogen (secondary N) is 1. The zero-order valence-electron chi connectivity index (χ0n) is 15.0. The van der Waals surface area contributed by atoms with E-state index in [1.165, 1.54) is 35.0 Å². The number of hydrogen-bond donors (Lipinski definition) is 2. The van der Waals surface area contributed by atoms with Gasteiger partial charge in [-0.15, -0.1) is 0 Å². The number of aromatic nitrogens is 2. The maximum Gasteiger partial charge on any atom is 0.275 e. The molecule has 146 valence electrons. The molecule has 2 saturated carbocycles. The molecule has 1 saturated heterocycles. The van der Waals surface area contributed by atoms with Crippen LogP contribution in [0.4, 0.5) is 5.69 Å². The first-order chi connectivity index (χ1) is 13.4. The Balaban J connectivity index is 1.35. The lowest BCUT2D eigenvalue weighted by Crippen LogP contribution is -2.43. The predicted molar refractivity (Wildman–Crippen MR) is 99.8 cm³/mol. The van der Waals surface area contributed by atoms with Gasteiger partial charge in [-0.05, 0) is 54.9 Å². The highest BCUT2D eigenvalue weighted by Crippen LogP contribution is 2.56. The van der Waals surface area contributed by atoms with Gasteiger partial charge in [0.1, 0.15) is 5.69 Å². The SMILES string of the molecule is O=C(Nc1ccc(S(=O)(=O)N2C[C@@H]3C[C@H]4C[C@H]3[C@@H]2[C@@H]4O)cc1)c1cnccn1. The number of anilines is 1. The first kappa shape index (κ1) is 17.7. The lowest BCUT2D eigenvalue weighted by molar-refractivity contribution is 0.0731. The van der Waals surface area contributed by atoms with E-state index in [9.17, 15) is 18.3 Å². The van der Waals surface area contributed by atoms with Gasteiger partial charge in [-0.25, -0.2) is 13.4 Å². The third-order valence-electron chi connectivity index (χ3n) is 6.32. The monoisotopic (exact) mass is 400 g/mol. The van der Waals surface area contributed by atoms with Gasteiger partial charge in [0.25, 0.3) is 5.91 Å². The molecule has 28 heavy (non-hydrogen) atoms. The van der Waals surface area contributed by atoms with Crippen LogP contribution in [0.15, 0.2) is 47.8 Å². The molecule has 5 rings (SSSR count). The summed E-state index contributed by atoms with van der Waals surface area (Å²) in [6, 6.07) is 5.78. The van der Waals surface area contributed by atoms with E-state index in [2.05, 4.69) is 15.3 Å².